The Balaban J connectivity index is 1.61. The Morgan fingerprint density at radius 3 is 2.06 bits per heavy atom. The van der Waals surface area contributed by atoms with Crippen LogP contribution in [0.15, 0.2) is 0 Å². The topological polar surface area (TPSA) is 21.8 Å². The molecule has 1 atom stereocenters. The molecule has 1 fully saturated rings. The predicted octanol–water partition coefficient (Wildman–Crippen LogP) is 3.96. The standard InChI is InChI=1S/C13H25IO2/c14-9-7-5-3-1-2-4-6-8-10-15-11-13-12-16-13/h13H,1-12H2. The van der Waals surface area contributed by atoms with E-state index in [2.05, 4.69) is 22.6 Å². The van der Waals surface area contributed by atoms with Crippen LogP contribution >= 0.6 is 22.6 Å². The van der Waals surface area contributed by atoms with Crippen molar-refractivity contribution in [2.75, 3.05) is 24.2 Å². The highest BCUT2D eigenvalue weighted by atomic mass is 127. The first kappa shape index (κ1) is 14.7. The van der Waals surface area contributed by atoms with Crippen LogP contribution in [0.3, 0.4) is 0 Å². The molecule has 96 valence electrons. The Morgan fingerprint density at radius 1 is 0.938 bits per heavy atom. The zero-order valence-corrected chi connectivity index (χ0v) is 12.4. The number of rotatable bonds is 12. The molecule has 1 aliphatic heterocycles. The first-order valence-corrected chi connectivity index (χ1v) is 8.21. The van der Waals surface area contributed by atoms with E-state index in [4.69, 9.17) is 9.47 Å². The number of hydrogen-bond acceptors (Lipinski definition) is 2. The van der Waals surface area contributed by atoms with Crippen LogP contribution in [0.2, 0.25) is 0 Å². The molecule has 1 unspecified atom stereocenters. The summed E-state index contributed by atoms with van der Waals surface area (Å²) in [7, 11) is 0. The van der Waals surface area contributed by atoms with E-state index in [0.717, 1.165) is 19.8 Å². The number of unbranched alkanes of at least 4 members (excludes halogenated alkanes) is 7. The zero-order valence-electron chi connectivity index (χ0n) is 10.3. The summed E-state index contributed by atoms with van der Waals surface area (Å²) in [6, 6.07) is 0. The highest BCUT2D eigenvalue weighted by Crippen LogP contribution is 2.11. The second-order valence-electron chi connectivity index (χ2n) is 4.55. The monoisotopic (exact) mass is 340 g/mol. The summed E-state index contributed by atoms with van der Waals surface area (Å²) in [5.41, 5.74) is 0. The summed E-state index contributed by atoms with van der Waals surface area (Å²) in [4.78, 5) is 0. The lowest BCUT2D eigenvalue weighted by molar-refractivity contribution is 0.113. The minimum atomic E-state index is 0.429. The van der Waals surface area contributed by atoms with Gasteiger partial charge in [0.1, 0.15) is 6.10 Å². The summed E-state index contributed by atoms with van der Waals surface area (Å²) in [6.45, 7) is 2.65. The molecular weight excluding hydrogens is 315 g/mol. The van der Waals surface area contributed by atoms with E-state index < -0.39 is 0 Å². The number of alkyl halides is 1. The summed E-state index contributed by atoms with van der Waals surface area (Å²) in [5, 5.41) is 0. The second-order valence-corrected chi connectivity index (χ2v) is 5.63. The Morgan fingerprint density at radius 2 is 1.50 bits per heavy atom. The molecule has 1 rings (SSSR count). The van der Waals surface area contributed by atoms with Gasteiger partial charge in [0.15, 0.2) is 0 Å². The fourth-order valence-corrected chi connectivity index (χ4v) is 2.28. The summed E-state index contributed by atoms with van der Waals surface area (Å²) in [5.74, 6) is 0. The molecule has 0 aromatic rings. The van der Waals surface area contributed by atoms with Crippen LogP contribution in [0.1, 0.15) is 51.4 Å². The molecule has 0 aliphatic carbocycles. The molecular formula is C13H25IO2. The lowest BCUT2D eigenvalue weighted by atomic mass is 10.1. The molecule has 16 heavy (non-hydrogen) atoms. The minimum absolute atomic E-state index is 0.429. The van der Waals surface area contributed by atoms with Gasteiger partial charge >= 0.3 is 0 Å². The van der Waals surface area contributed by atoms with Gasteiger partial charge in [-0.1, -0.05) is 61.1 Å². The van der Waals surface area contributed by atoms with Gasteiger partial charge in [0.2, 0.25) is 0 Å². The van der Waals surface area contributed by atoms with Crippen molar-refractivity contribution >= 4 is 22.6 Å². The van der Waals surface area contributed by atoms with Gasteiger partial charge < -0.3 is 9.47 Å². The Labute approximate surface area is 114 Å². The number of halogens is 1. The molecule has 0 bridgehead atoms. The highest BCUT2D eigenvalue weighted by Gasteiger charge is 2.21. The SMILES string of the molecule is ICCCCCCCCCCOCC1CO1. The van der Waals surface area contributed by atoms with E-state index in [1.54, 1.807) is 0 Å². The molecule has 1 heterocycles. The van der Waals surface area contributed by atoms with Crippen molar-refractivity contribution in [1.29, 1.82) is 0 Å². The molecule has 0 aromatic carbocycles. The van der Waals surface area contributed by atoms with Crippen molar-refractivity contribution < 1.29 is 9.47 Å². The van der Waals surface area contributed by atoms with E-state index in [1.807, 2.05) is 0 Å². The minimum Gasteiger partial charge on any atom is -0.379 e. The van der Waals surface area contributed by atoms with Crippen molar-refractivity contribution in [3.05, 3.63) is 0 Å². The van der Waals surface area contributed by atoms with Gasteiger partial charge in [-0.15, -0.1) is 0 Å². The first-order chi connectivity index (χ1) is 7.93. The van der Waals surface area contributed by atoms with Crippen LogP contribution in [-0.2, 0) is 9.47 Å². The van der Waals surface area contributed by atoms with Crippen LogP contribution in [0, 0.1) is 0 Å². The van der Waals surface area contributed by atoms with E-state index >= 15 is 0 Å². The molecule has 0 spiro atoms. The molecule has 0 radical (unpaired) electrons. The largest absolute Gasteiger partial charge is 0.379 e. The smallest absolute Gasteiger partial charge is 0.104 e. The Kier molecular flexibility index (Phi) is 9.91. The van der Waals surface area contributed by atoms with Gasteiger partial charge in [-0.2, -0.15) is 0 Å². The van der Waals surface area contributed by atoms with Crippen LogP contribution in [0.4, 0.5) is 0 Å². The van der Waals surface area contributed by atoms with Gasteiger partial charge in [0, 0.05) is 6.61 Å². The predicted molar refractivity (Wildman–Crippen MR) is 76.4 cm³/mol. The van der Waals surface area contributed by atoms with E-state index in [9.17, 15) is 0 Å². The van der Waals surface area contributed by atoms with Gasteiger partial charge in [0.25, 0.3) is 0 Å². The zero-order chi connectivity index (χ0) is 11.5. The quantitative estimate of drug-likeness (QED) is 0.232. The molecule has 0 aromatic heterocycles. The maximum atomic E-state index is 5.49. The fourth-order valence-electron chi connectivity index (χ4n) is 1.74. The summed E-state index contributed by atoms with van der Waals surface area (Å²) in [6.07, 6.45) is 11.5. The van der Waals surface area contributed by atoms with Crippen LogP contribution in [-0.4, -0.2) is 30.4 Å². The van der Waals surface area contributed by atoms with Crippen LogP contribution in [0.5, 0.6) is 0 Å². The summed E-state index contributed by atoms with van der Waals surface area (Å²) >= 11 is 2.46. The maximum absolute atomic E-state index is 5.49. The van der Waals surface area contributed by atoms with E-state index in [1.165, 1.54) is 55.8 Å². The third-order valence-corrected chi connectivity index (χ3v) is 3.64. The van der Waals surface area contributed by atoms with Crippen LogP contribution in [0.25, 0.3) is 0 Å². The van der Waals surface area contributed by atoms with Crippen molar-refractivity contribution in [3.8, 4) is 0 Å². The van der Waals surface area contributed by atoms with Crippen molar-refractivity contribution in [3.63, 3.8) is 0 Å². The van der Waals surface area contributed by atoms with Crippen LogP contribution < -0.4 is 0 Å². The second kappa shape index (κ2) is 10.8. The highest BCUT2D eigenvalue weighted by molar-refractivity contribution is 14.1. The van der Waals surface area contributed by atoms with Gasteiger partial charge in [-0.05, 0) is 17.3 Å². The molecule has 0 N–H and O–H groups in total. The average Bonchev–Trinajstić information content (AvgIpc) is 3.10. The Bertz CT molecular complexity index is 149. The van der Waals surface area contributed by atoms with Gasteiger partial charge in [-0.25, -0.2) is 0 Å². The molecule has 2 nitrogen and oxygen atoms in total. The summed E-state index contributed by atoms with van der Waals surface area (Å²) < 4.78 is 11.9. The van der Waals surface area contributed by atoms with Crippen molar-refractivity contribution in [2.45, 2.75) is 57.5 Å². The van der Waals surface area contributed by atoms with Crippen molar-refractivity contribution in [1.82, 2.24) is 0 Å². The van der Waals surface area contributed by atoms with E-state index in [0.29, 0.717) is 6.10 Å². The average molecular weight is 340 g/mol. The Hall–Kier alpha value is 0.650. The lowest BCUT2D eigenvalue weighted by Gasteiger charge is -2.02. The fraction of sp³-hybridized carbons (Fsp3) is 1.00. The number of hydrogen-bond donors (Lipinski definition) is 0. The third-order valence-electron chi connectivity index (χ3n) is 2.88. The number of ether oxygens (including phenoxy) is 2. The van der Waals surface area contributed by atoms with Gasteiger partial charge in [0.05, 0.1) is 13.2 Å². The lowest BCUT2D eigenvalue weighted by Crippen LogP contribution is -2.02. The first-order valence-electron chi connectivity index (χ1n) is 6.69. The van der Waals surface area contributed by atoms with E-state index in [-0.39, 0.29) is 0 Å². The molecule has 1 aliphatic rings. The van der Waals surface area contributed by atoms with Crippen molar-refractivity contribution in [2.24, 2.45) is 0 Å². The number of epoxide rings is 1. The van der Waals surface area contributed by atoms with Gasteiger partial charge in [-0.3, -0.25) is 0 Å². The normalized spacial score (nSPS) is 18.9. The molecule has 0 amide bonds. The molecule has 3 heteroatoms. The third kappa shape index (κ3) is 9.85. The molecule has 1 saturated heterocycles. The maximum Gasteiger partial charge on any atom is 0.104 e. The molecule has 0 saturated carbocycles.